The van der Waals surface area contributed by atoms with E-state index in [-0.39, 0.29) is 5.56 Å². The Morgan fingerprint density at radius 1 is 1.35 bits per heavy atom. The van der Waals surface area contributed by atoms with Crippen LogP contribution in [0.15, 0.2) is 24.3 Å². The second kappa shape index (κ2) is 6.17. The minimum Gasteiger partial charge on any atom is -0.478 e. The Kier molecular flexibility index (Phi) is 4.53. The number of carboxylic acids is 1. The van der Waals surface area contributed by atoms with Crippen molar-refractivity contribution in [3.05, 3.63) is 44.9 Å². The van der Waals surface area contributed by atoms with Gasteiger partial charge >= 0.3 is 5.97 Å². The van der Waals surface area contributed by atoms with Gasteiger partial charge in [-0.3, -0.25) is 0 Å². The van der Waals surface area contributed by atoms with E-state index in [9.17, 15) is 4.79 Å². The third-order valence-electron chi connectivity index (χ3n) is 2.62. The Balaban J connectivity index is 2.36. The molecule has 0 aliphatic heterocycles. The number of aromatic nitrogens is 2. The maximum Gasteiger partial charge on any atom is 0.335 e. The highest BCUT2D eigenvalue weighted by atomic mass is 127. The van der Waals surface area contributed by atoms with Gasteiger partial charge in [-0.15, -0.1) is 0 Å². The second-order valence-corrected chi connectivity index (χ2v) is 5.31. The first-order valence-electron chi connectivity index (χ1n) is 6.05. The summed E-state index contributed by atoms with van der Waals surface area (Å²) in [4.78, 5) is 19.5. The second-order valence-electron chi connectivity index (χ2n) is 4.15. The van der Waals surface area contributed by atoms with E-state index in [1.165, 1.54) is 6.07 Å². The van der Waals surface area contributed by atoms with Crippen molar-refractivity contribution in [1.29, 1.82) is 0 Å². The molecule has 5 nitrogen and oxygen atoms in total. The first kappa shape index (κ1) is 14.7. The molecule has 1 heterocycles. The fourth-order valence-corrected chi connectivity index (χ4v) is 2.11. The number of ether oxygens (including phenoxy) is 1. The summed E-state index contributed by atoms with van der Waals surface area (Å²) < 4.78 is 6.52. The molecular formula is C14H13IN2O3. The molecule has 0 atom stereocenters. The van der Waals surface area contributed by atoms with E-state index in [0.29, 0.717) is 17.5 Å². The highest BCUT2D eigenvalue weighted by Gasteiger charge is 2.10. The fourth-order valence-electron chi connectivity index (χ4n) is 1.66. The minimum atomic E-state index is -0.987. The van der Waals surface area contributed by atoms with Crippen molar-refractivity contribution in [2.24, 2.45) is 0 Å². The summed E-state index contributed by atoms with van der Waals surface area (Å²) >= 11 is 2.09. The van der Waals surface area contributed by atoms with Crippen molar-refractivity contribution in [2.45, 2.75) is 20.3 Å². The molecule has 0 aliphatic rings. The Bertz CT molecular complexity index is 659. The number of aromatic carboxylic acids is 1. The van der Waals surface area contributed by atoms with Gasteiger partial charge in [0.25, 0.3) is 0 Å². The first-order chi connectivity index (χ1) is 9.49. The lowest BCUT2D eigenvalue weighted by atomic mass is 10.2. The van der Waals surface area contributed by atoms with Crippen molar-refractivity contribution >= 4 is 28.6 Å². The molecule has 0 radical (unpaired) electrons. The van der Waals surface area contributed by atoms with Gasteiger partial charge in [-0.2, -0.15) is 4.98 Å². The van der Waals surface area contributed by atoms with E-state index in [2.05, 4.69) is 32.6 Å². The summed E-state index contributed by atoms with van der Waals surface area (Å²) in [5, 5.41) is 9.01. The van der Waals surface area contributed by atoms with Crippen LogP contribution in [0.4, 0.5) is 0 Å². The van der Waals surface area contributed by atoms with E-state index >= 15 is 0 Å². The first-order valence-corrected chi connectivity index (χ1v) is 7.12. The SMILES string of the molecule is CCc1cc(Oc2cc(C(=O)O)ccc2I)nc(C)n1. The molecule has 2 aromatic rings. The van der Waals surface area contributed by atoms with Crippen LogP contribution in [0.1, 0.15) is 28.8 Å². The summed E-state index contributed by atoms with van der Waals surface area (Å²) in [6, 6.07) is 6.50. The van der Waals surface area contributed by atoms with Crippen molar-refractivity contribution in [3.63, 3.8) is 0 Å². The molecule has 0 unspecified atom stereocenters. The standard InChI is InChI=1S/C14H13IN2O3/c1-3-10-7-13(17-8(2)16-10)20-12-6-9(14(18)19)4-5-11(12)15/h4-7H,3H2,1-2H3,(H,18,19). The number of carboxylic acid groups (broad SMARTS) is 1. The van der Waals surface area contributed by atoms with Crippen LogP contribution in [0.5, 0.6) is 11.6 Å². The highest BCUT2D eigenvalue weighted by molar-refractivity contribution is 14.1. The zero-order chi connectivity index (χ0) is 14.7. The number of aryl methyl sites for hydroxylation is 2. The van der Waals surface area contributed by atoms with Crippen molar-refractivity contribution in [2.75, 3.05) is 0 Å². The van der Waals surface area contributed by atoms with Gasteiger partial charge in [0.05, 0.1) is 9.13 Å². The molecular weight excluding hydrogens is 371 g/mol. The molecule has 1 aromatic carbocycles. The number of benzene rings is 1. The molecule has 1 aromatic heterocycles. The molecule has 2 rings (SSSR count). The summed E-state index contributed by atoms with van der Waals surface area (Å²) in [7, 11) is 0. The van der Waals surface area contributed by atoms with Crippen LogP contribution in [0.25, 0.3) is 0 Å². The van der Waals surface area contributed by atoms with Crippen LogP contribution in [0, 0.1) is 10.5 Å². The van der Waals surface area contributed by atoms with E-state index in [1.807, 2.05) is 6.92 Å². The molecule has 0 bridgehead atoms. The number of rotatable bonds is 4. The van der Waals surface area contributed by atoms with E-state index < -0.39 is 5.97 Å². The molecule has 0 spiro atoms. The average molecular weight is 384 g/mol. The molecule has 0 saturated carbocycles. The van der Waals surface area contributed by atoms with E-state index in [4.69, 9.17) is 9.84 Å². The summed E-state index contributed by atoms with van der Waals surface area (Å²) in [5.41, 5.74) is 1.07. The molecule has 0 aliphatic carbocycles. The number of hydrogen-bond donors (Lipinski definition) is 1. The number of halogens is 1. The molecule has 0 saturated heterocycles. The Labute approximate surface area is 130 Å². The highest BCUT2D eigenvalue weighted by Crippen LogP contribution is 2.27. The van der Waals surface area contributed by atoms with Gasteiger partial charge in [-0.25, -0.2) is 9.78 Å². The van der Waals surface area contributed by atoms with Crippen molar-refractivity contribution in [3.8, 4) is 11.6 Å². The van der Waals surface area contributed by atoms with Crippen LogP contribution in [-0.2, 0) is 6.42 Å². The number of nitrogens with zero attached hydrogens (tertiary/aromatic N) is 2. The largest absolute Gasteiger partial charge is 0.478 e. The summed E-state index contributed by atoms with van der Waals surface area (Å²) in [6.45, 7) is 3.80. The topological polar surface area (TPSA) is 72.3 Å². The zero-order valence-corrected chi connectivity index (χ0v) is 13.2. The van der Waals surface area contributed by atoms with Gasteiger partial charge in [0.15, 0.2) is 0 Å². The average Bonchev–Trinajstić information content (AvgIpc) is 2.40. The van der Waals surface area contributed by atoms with Crippen LogP contribution in [-0.4, -0.2) is 21.0 Å². The minimum absolute atomic E-state index is 0.182. The van der Waals surface area contributed by atoms with Crippen LogP contribution in [0.3, 0.4) is 0 Å². The Morgan fingerprint density at radius 2 is 2.10 bits per heavy atom. The van der Waals surface area contributed by atoms with Crippen LogP contribution >= 0.6 is 22.6 Å². The third-order valence-corrected chi connectivity index (χ3v) is 3.51. The van der Waals surface area contributed by atoms with Crippen LogP contribution < -0.4 is 4.74 Å². The molecule has 6 heteroatoms. The fraction of sp³-hybridized carbons (Fsp3) is 0.214. The lowest BCUT2D eigenvalue weighted by molar-refractivity contribution is 0.0696. The van der Waals surface area contributed by atoms with Gasteiger partial charge in [0.2, 0.25) is 5.88 Å². The van der Waals surface area contributed by atoms with E-state index in [0.717, 1.165) is 15.7 Å². The smallest absolute Gasteiger partial charge is 0.335 e. The molecule has 104 valence electrons. The molecule has 1 N–H and O–H groups in total. The number of carbonyl (C=O) groups is 1. The third kappa shape index (κ3) is 3.44. The monoisotopic (exact) mass is 384 g/mol. The zero-order valence-electron chi connectivity index (χ0n) is 11.1. The maximum atomic E-state index is 11.0. The predicted molar refractivity (Wildman–Crippen MR) is 82.3 cm³/mol. The van der Waals surface area contributed by atoms with Gasteiger partial charge in [-0.05, 0) is 54.1 Å². The van der Waals surface area contributed by atoms with Gasteiger partial charge < -0.3 is 9.84 Å². The van der Waals surface area contributed by atoms with Gasteiger partial charge in [-0.1, -0.05) is 6.92 Å². The Morgan fingerprint density at radius 3 is 2.75 bits per heavy atom. The normalized spacial score (nSPS) is 10.3. The maximum absolute atomic E-state index is 11.0. The molecule has 0 amide bonds. The quantitative estimate of drug-likeness (QED) is 0.818. The lowest BCUT2D eigenvalue weighted by Crippen LogP contribution is -2.00. The predicted octanol–water partition coefficient (Wildman–Crippen LogP) is 3.44. The number of hydrogen-bond acceptors (Lipinski definition) is 4. The van der Waals surface area contributed by atoms with Crippen molar-refractivity contribution < 1.29 is 14.6 Å². The van der Waals surface area contributed by atoms with Crippen LogP contribution in [0.2, 0.25) is 0 Å². The lowest BCUT2D eigenvalue weighted by Gasteiger charge is -2.09. The van der Waals surface area contributed by atoms with Crippen molar-refractivity contribution in [1.82, 2.24) is 9.97 Å². The molecule has 20 heavy (non-hydrogen) atoms. The Hall–Kier alpha value is -1.70. The van der Waals surface area contributed by atoms with Gasteiger partial charge in [0.1, 0.15) is 11.6 Å². The summed E-state index contributed by atoms with van der Waals surface area (Å²) in [6.07, 6.45) is 0.784. The van der Waals surface area contributed by atoms with E-state index in [1.54, 1.807) is 25.1 Å². The molecule has 0 fully saturated rings. The summed E-state index contributed by atoms with van der Waals surface area (Å²) in [5.74, 6) is 0.545. The van der Waals surface area contributed by atoms with Gasteiger partial charge in [0, 0.05) is 11.8 Å².